The predicted octanol–water partition coefficient (Wildman–Crippen LogP) is 2.07. The van der Waals surface area contributed by atoms with Crippen molar-refractivity contribution in [1.29, 1.82) is 0 Å². The minimum absolute atomic E-state index is 0.0845. The molecule has 5 heteroatoms. The Balaban J connectivity index is 2.23. The van der Waals surface area contributed by atoms with Gasteiger partial charge in [0.05, 0.1) is 18.2 Å². The molecule has 0 aromatic heterocycles. The van der Waals surface area contributed by atoms with E-state index in [2.05, 4.69) is 4.90 Å². The average Bonchev–Trinajstić information content (AvgIpc) is 2.31. The number of halogens is 2. The van der Waals surface area contributed by atoms with Crippen molar-refractivity contribution in [3.05, 3.63) is 35.4 Å². The molecule has 0 saturated carbocycles. The van der Waals surface area contributed by atoms with Crippen LogP contribution in [-0.2, 0) is 4.74 Å². The molecular weight excluding hydrogens is 250 g/mol. The molecule has 0 aliphatic carbocycles. The zero-order valence-electron chi connectivity index (χ0n) is 11.3. The number of morpholine rings is 1. The Morgan fingerprint density at radius 2 is 1.95 bits per heavy atom. The van der Waals surface area contributed by atoms with Crippen molar-refractivity contribution in [3.8, 4) is 0 Å². The summed E-state index contributed by atoms with van der Waals surface area (Å²) in [6.45, 7) is 5.66. The number of nitrogens with zero attached hydrogens (tertiary/aromatic N) is 1. The summed E-state index contributed by atoms with van der Waals surface area (Å²) in [5.74, 6) is -1.11. The number of rotatable bonds is 3. The molecule has 0 spiro atoms. The molecule has 1 unspecified atom stereocenters. The second-order valence-electron chi connectivity index (χ2n) is 5.13. The highest BCUT2D eigenvalue weighted by molar-refractivity contribution is 5.23. The van der Waals surface area contributed by atoms with Gasteiger partial charge in [-0.15, -0.1) is 0 Å². The van der Waals surface area contributed by atoms with Gasteiger partial charge in [0.1, 0.15) is 11.6 Å². The Bertz CT molecular complexity index is 431. The number of benzene rings is 1. The first kappa shape index (κ1) is 14.4. The van der Waals surface area contributed by atoms with Gasteiger partial charge in [0, 0.05) is 31.3 Å². The maximum atomic E-state index is 13.9. The first-order chi connectivity index (χ1) is 9.01. The fraction of sp³-hybridized carbons (Fsp3) is 0.571. The van der Waals surface area contributed by atoms with Gasteiger partial charge in [-0.3, -0.25) is 4.90 Å². The highest BCUT2D eigenvalue weighted by Gasteiger charge is 2.29. The predicted molar refractivity (Wildman–Crippen MR) is 69.7 cm³/mol. The van der Waals surface area contributed by atoms with Crippen molar-refractivity contribution < 1.29 is 13.5 Å². The lowest BCUT2D eigenvalue weighted by Crippen LogP contribution is -2.48. The molecule has 106 valence electrons. The zero-order chi connectivity index (χ0) is 14.0. The Labute approximate surface area is 112 Å². The second-order valence-corrected chi connectivity index (χ2v) is 5.13. The van der Waals surface area contributed by atoms with Crippen molar-refractivity contribution in [3.63, 3.8) is 0 Å². The number of nitrogens with two attached hydrogens (primary N) is 1. The zero-order valence-corrected chi connectivity index (χ0v) is 11.3. The van der Waals surface area contributed by atoms with Gasteiger partial charge in [0.15, 0.2) is 0 Å². The fourth-order valence-corrected chi connectivity index (χ4v) is 2.72. The van der Waals surface area contributed by atoms with Crippen molar-refractivity contribution in [2.24, 2.45) is 5.73 Å². The minimum Gasteiger partial charge on any atom is -0.373 e. The van der Waals surface area contributed by atoms with Gasteiger partial charge in [0.2, 0.25) is 0 Å². The first-order valence-electron chi connectivity index (χ1n) is 6.55. The summed E-state index contributed by atoms with van der Waals surface area (Å²) in [5, 5.41) is 0. The van der Waals surface area contributed by atoms with E-state index in [0.29, 0.717) is 25.2 Å². The van der Waals surface area contributed by atoms with Gasteiger partial charge in [-0.2, -0.15) is 0 Å². The van der Waals surface area contributed by atoms with Crippen molar-refractivity contribution in [2.75, 3.05) is 19.6 Å². The quantitative estimate of drug-likeness (QED) is 0.914. The molecule has 0 bridgehead atoms. The van der Waals surface area contributed by atoms with Crippen LogP contribution in [0, 0.1) is 11.6 Å². The molecule has 1 fully saturated rings. The maximum Gasteiger partial charge on any atom is 0.130 e. The van der Waals surface area contributed by atoms with Crippen molar-refractivity contribution >= 4 is 0 Å². The molecule has 3 nitrogen and oxygen atoms in total. The largest absolute Gasteiger partial charge is 0.373 e. The van der Waals surface area contributed by atoms with Crippen LogP contribution in [0.5, 0.6) is 0 Å². The molecule has 1 aliphatic heterocycles. The van der Waals surface area contributed by atoms with Crippen LogP contribution in [0.3, 0.4) is 0 Å². The monoisotopic (exact) mass is 270 g/mol. The molecule has 1 aromatic carbocycles. The highest BCUT2D eigenvalue weighted by Crippen LogP contribution is 2.26. The molecule has 0 radical (unpaired) electrons. The lowest BCUT2D eigenvalue weighted by atomic mass is 10.0. The lowest BCUT2D eigenvalue weighted by molar-refractivity contribution is -0.0802. The van der Waals surface area contributed by atoms with Crippen LogP contribution in [0.25, 0.3) is 0 Å². The van der Waals surface area contributed by atoms with Crippen molar-refractivity contribution in [2.45, 2.75) is 32.1 Å². The van der Waals surface area contributed by atoms with Gasteiger partial charge in [-0.25, -0.2) is 8.78 Å². The van der Waals surface area contributed by atoms with Gasteiger partial charge >= 0.3 is 0 Å². The van der Waals surface area contributed by atoms with Gasteiger partial charge in [-0.05, 0) is 19.9 Å². The normalized spacial score (nSPS) is 26.4. The summed E-state index contributed by atoms with van der Waals surface area (Å²) in [5.41, 5.74) is 6.24. The molecule has 1 aromatic rings. The molecular formula is C14H20F2N2O. The summed E-state index contributed by atoms with van der Waals surface area (Å²) in [6, 6.07) is 3.42. The van der Waals surface area contributed by atoms with Gasteiger partial charge in [-0.1, -0.05) is 6.07 Å². The third kappa shape index (κ3) is 3.29. The standard InChI is InChI=1S/C14H20F2N2O/c1-9-7-18(8-10(2)19-9)14(6-17)12-4-3-11(15)5-13(12)16/h3-5,9-10,14H,6-8,17H2,1-2H3/t9-,10+,14?. The van der Waals surface area contributed by atoms with E-state index >= 15 is 0 Å². The Kier molecular flexibility index (Phi) is 4.50. The smallest absolute Gasteiger partial charge is 0.130 e. The van der Waals surface area contributed by atoms with Crippen LogP contribution in [0.4, 0.5) is 8.78 Å². The Morgan fingerprint density at radius 1 is 1.32 bits per heavy atom. The second kappa shape index (κ2) is 5.94. The van der Waals surface area contributed by atoms with Gasteiger partial charge < -0.3 is 10.5 Å². The molecule has 1 saturated heterocycles. The summed E-state index contributed by atoms with van der Waals surface area (Å²) < 4.78 is 32.5. The van der Waals surface area contributed by atoms with E-state index in [-0.39, 0.29) is 18.2 Å². The minimum atomic E-state index is -0.569. The first-order valence-corrected chi connectivity index (χ1v) is 6.55. The fourth-order valence-electron chi connectivity index (χ4n) is 2.72. The Morgan fingerprint density at radius 3 is 2.47 bits per heavy atom. The highest BCUT2D eigenvalue weighted by atomic mass is 19.1. The van der Waals surface area contributed by atoms with Crippen LogP contribution in [-0.4, -0.2) is 36.7 Å². The molecule has 0 amide bonds. The number of hydrogen-bond donors (Lipinski definition) is 1. The van der Waals surface area contributed by atoms with Gasteiger partial charge in [0.25, 0.3) is 0 Å². The lowest BCUT2D eigenvalue weighted by Gasteiger charge is -2.40. The third-order valence-corrected chi connectivity index (χ3v) is 3.43. The summed E-state index contributed by atoms with van der Waals surface area (Å²) in [6.07, 6.45) is 0.169. The summed E-state index contributed by atoms with van der Waals surface area (Å²) in [7, 11) is 0. The molecule has 2 N–H and O–H groups in total. The van der Waals surface area contributed by atoms with E-state index in [1.165, 1.54) is 12.1 Å². The van der Waals surface area contributed by atoms with Crippen molar-refractivity contribution in [1.82, 2.24) is 4.90 Å². The Hall–Kier alpha value is -1.04. The van der Waals surface area contributed by atoms with Crippen LogP contribution >= 0.6 is 0 Å². The topological polar surface area (TPSA) is 38.5 Å². The van der Waals surface area contributed by atoms with Crippen LogP contribution in [0.15, 0.2) is 18.2 Å². The van der Waals surface area contributed by atoms with E-state index in [1.54, 1.807) is 0 Å². The maximum absolute atomic E-state index is 13.9. The van der Waals surface area contributed by atoms with E-state index < -0.39 is 11.6 Å². The molecule has 3 atom stereocenters. The molecule has 2 rings (SSSR count). The van der Waals surface area contributed by atoms with Crippen LogP contribution in [0.1, 0.15) is 25.5 Å². The summed E-state index contributed by atoms with van der Waals surface area (Å²) >= 11 is 0. The SMILES string of the molecule is C[C@@H]1CN(C(CN)c2ccc(F)cc2F)C[C@H](C)O1. The third-order valence-electron chi connectivity index (χ3n) is 3.43. The summed E-state index contributed by atoms with van der Waals surface area (Å²) in [4.78, 5) is 2.11. The van der Waals surface area contributed by atoms with E-state index in [4.69, 9.17) is 10.5 Å². The molecule has 19 heavy (non-hydrogen) atoms. The average molecular weight is 270 g/mol. The van der Waals surface area contributed by atoms with Crippen LogP contribution in [0.2, 0.25) is 0 Å². The van der Waals surface area contributed by atoms with E-state index in [0.717, 1.165) is 6.07 Å². The number of ether oxygens (including phenoxy) is 1. The van der Waals surface area contributed by atoms with E-state index in [1.807, 2.05) is 13.8 Å². The number of hydrogen-bond acceptors (Lipinski definition) is 3. The van der Waals surface area contributed by atoms with E-state index in [9.17, 15) is 8.78 Å². The molecule has 1 aliphatic rings. The van der Waals surface area contributed by atoms with Crippen LogP contribution < -0.4 is 5.73 Å². The molecule has 1 heterocycles.